The SMILES string of the molecule is CCOc1cccc(Oc2nc3ccccc3nc2N)c1. The van der Waals surface area contributed by atoms with E-state index in [9.17, 15) is 0 Å². The summed E-state index contributed by atoms with van der Waals surface area (Å²) in [7, 11) is 0. The van der Waals surface area contributed by atoms with Crippen molar-refractivity contribution >= 4 is 16.9 Å². The second kappa shape index (κ2) is 5.66. The number of ether oxygens (including phenoxy) is 2. The summed E-state index contributed by atoms with van der Waals surface area (Å²) in [5, 5.41) is 0. The molecular weight excluding hydrogens is 266 g/mol. The van der Waals surface area contributed by atoms with Crippen LogP contribution in [0.2, 0.25) is 0 Å². The highest BCUT2D eigenvalue weighted by molar-refractivity contribution is 5.76. The van der Waals surface area contributed by atoms with Gasteiger partial charge in [0.15, 0.2) is 5.82 Å². The number of para-hydroxylation sites is 2. The number of nitrogens with zero attached hydrogens (tertiary/aromatic N) is 2. The Balaban J connectivity index is 1.94. The number of nitrogens with two attached hydrogens (primary N) is 1. The molecule has 2 N–H and O–H groups in total. The first-order valence-electron chi connectivity index (χ1n) is 6.69. The van der Waals surface area contributed by atoms with Crippen LogP contribution in [-0.2, 0) is 0 Å². The van der Waals surface area contributed by atoms with Crippen LogP contribution in [0.4, 0.5) is 5.82 Å². The van der Waals surface area contributed by atoms with Gasteiger partial charge < -0.3 is 15.2 Å². The highest BCUT2D eigenvalue weighted by Crippen LogP contribution is 2.28. The van der Waals surface area contributed by atoms with E-state index in [1.807, 2.05) is 49.4 Å². The molecule has 0 amide bonds. The van der Waals surface area contributed by atoms with Gasteiger partial charge in [0, 0.05) is 6.07 Å². The molecule has 1 heterocycles. The molecule has 0 fully saturated rings. The van der Waals surface area contributed by atoms with Crippen molar-refractivity contribution in [3.05, 3.63) is 48.5 Å². The molecule has 2 aromatic carbocycles. The molecule has 0 bridgehead atoms. The summed E-state index contributed by atoms with van der Waals surface area (Å²) in [5.41, 5.74) is 7.38. The molecule has 0 saturated heterocycles. The zero-order chi connectivity index (χ0) is 14.7. The number of anilines is 1. The molecular formula is C16H15N3O2. The van der Waals surface area contributed by atoms with Gasteiger partial charge in [-0.15, -0.1) is 0 Å². The van der Waals surface area contributed by atoms with E-state index in [1.165, 1.54) is 0 Å². The van der Waals surface area contributed by atoms with Crippen LogP contribution in [0.15, 0.2) is 48.5 Å². The quantitative estimate of drug-likeness (QED) is 0.793. The van der Waals surface area contributed by atoms with Gasteiger partial charge in [0.05, 0.1) is 17.6 Å². The van der Waals surface area contributed by atoms with E-state index in [2.05, 4.69) is 9.97 Å². The summed E-state index contributed by atoms with van der Waals surface area (Å²) in [4.78, 5) is 8.68. The van der Waals surface area contributed by atoms with Crippen molar-refractivity contribution in [2.75, 3.05) is 12.3 Å². The summed E-state index contributed by atoms with van der Waals surface area (Å²) in [5.74, 6) is 1.90. The maximum absolute atomic E-state index is 5.90. The number of hydrogen-bond acceptors (Lipinski definition) is 5. The van der Waals surface area contributed by atoms with Crippen molar-refractivity contribution < 1.29 is 9.47 Å². The molecule has 0 spiro atoms. The lowest BCUT2D eigenvalue weighted by molar-refractivity contribution is 0.338. The molecule has 0 aliphatic rings. The van der Waals surface area contributed by atoms with Crippen molar-refractivity contribution in [3.63, 3.8) is 0 Å². The van der Waals surface area contributed by atoms with Crippen LogP contribution in [0.1, 0.15) is 6.92 Å². The van der Waals surface area contributed by atoms with E-state index in [-0.39, 0.29) is 5.82 Å². The Bertz CT molecular complexity index is 774. The van der Waals surface area contributed by atoms with E-state index < -0.39 is 0 Å². The molecule has 1 aromatic heterocycles. The minimum absolute atomic E-state index is 0.260. The van der Waals surface area contributed by atoms with Gasteiger partial charge in [0.25, 0.3) is 5.88 Å². The summed E-state index contributed by atoms with van der Waals surface area (Å²) >= 11 is 0. The van der Waals surface area contributed by atoms with E-state index in [4.69, 9.17) is 15.2 Å². The van der Waals surface area contributed by atoms with E-state index in [1.54, 1.807) is 6.07 Å². The number of rotatable bonds is 4. The zero-order valence-corrected chi connectivity index (χ0v) is 11.6. The maximum atomic E-state index is 5.90. The van der Waals surface area contributed by atoms with Gasteiger partial charge in [-0.1, -0.05) is 18.2 Å². The summed E-state index contributed by atoms with van der Waals surface area (Å²) in [6.07, 6.45) is 0. The van der Waals surface area contributed by atoms with E-state index in [0.29, 0.717) is 18.2 Å². The third-order valence-corrected chi connectivity index (χ3v) is 2.89. The predicted molar refractivity (Wildman–Crippen MR) is 81.6 cm³/mol. The second-order valence-electron chi connectivity index (χ2n) is 4.41. The van der Waals surface area contributed by atoms with Crippen LogP contribution in [0, 0.1) is 0 Å². The van der Waals surface area contributed by atoms with Gasteiger partial charge in [-0.25, -0.2) is 9.97 Å². The van der Waals surface area contributed by atoms with Gasteiger partial charge in [-0.2, -0.15) is 0 Å². The number of aromatic nitrogens is 2. The fourth-order valence-corrected chi connectivity index (χ4v) is 1.98. The molecule has 0 aliphatic carbocycles. The topological polar surface area (TPSA) is 70.3 Å². The molecule has 0 saturated carbocycles. The zero-order valence-electron chi connectivity index (χ0n) is 11.6. The number of nitrogen functional groups attached to an aromatic ring is 1. The Hall–Kier alpha value is -2.82. The summed E-state index contributed by atoms with van der Waals surface area (Å²) < 4.78 is 11.2. The van der Waals surface area contributed by atoms with Crippen molar-refractivity contribution in [1.29, 1.82) is 0 Å². The molecule has 0 atom stereocenters. The van der Waals surface area contributed by atoms with Crippen LogP contribution in [0.3, 0.4) is 0 Å². The van der Waals surface area contributed by atoms with Crippen molar-refractivity contribution in [1.82, 2.24) is 9.97 Å². The lowest BCUT2D eigenvalue weighted by atomic mass is 10.3. The molecule has 0 radical (unpaired) electrons. The Morgan fingerprint density at radius 2 is 1.67 bits per heavy atom. The summed E-state index contributed by atoms with van der Waals surface area (Å²) in [6.45, 7) is 2.53. The molecule has 0 unspecified atom stereocenters. The van der Waals surface area contributed by atoms with Crippen LogP contribution < -0.4 is 15.2 Å². The first kappa shape index (κ1) is 13.2. The lowest BCUT2D eigenvalue weighted by Crippen LogP contribution is -1.99. The highest BCUT2D eigenvalue weighted by atomic mass is 16.5. The first-order valence-corrected chi connectivity index (χ1v) is 6.69. The normalized spacial score (nSPS) is 10.5. The number of fused-ring (bicyclic) bond motifs is 1. The Kier molecular flexibility index (Phi) is 3.55. The van der Waals surface area contributed by atoms with Gasteiger partial charge in [0.2, 0.25) is 0 Å². The third kappa shape index (κ3) is 2.86. The molecule has 106 valence electrons. The standard InChI is InChI=1S/C16H15N3O2/c1-2-20-11-6-5-7-12(10-11)21-16-15(17)18-13-8-3-4-9-14(13)19-16/h3-10H,2H2,1H3,(H2,17,18). The fraction of sp³-hybridized carbons (Fsp3) is 0.125. The minimum atomic E-state index is 0.260. The van der Waals surface area contributed by atoms with Crippen LogP contribution >= 0.6 is 0 Å². The number of benzene rings is 2. The van der Waals surface area contributed by atoms with Crippen molar-refractivity contribution in [3.8, 4) is 17.4 Å². The van der Waals surface area contributed by atoms with Gasteiger partial charge in [-0.3, -0.25) is 0 Å². The highest BCUT2D eigenvalue weighted by Gasteiger charge is 2.08. The average molecular weight is 281 g/mol. The molecule has 21 heavy (non-hydrogen) atoms. The molecule has 5 heteroatoms. The van der Waals surface area contributed by atoms with Gasteiger partial charge in [-0.05, 0) is 31.2 Å². The Labute approximate surface area is 122 Å². The molecule has 3 aromatic rings. The van der Waals surface area contributed by atoms with Gasteiger partial charge in [0.1, 0.15) is 11.5 Å². The lowest BCUT2D eigenvalue weighted by Gasteiger charge is -2.09. The Morgan fingerprint density at radius 3 is 2.43 bits per heavy atom. The molecule has 3 rings (SSSR count). The smallest absolute Gasteiger partial charge is 0.263 e. The van der Waals surface area contributed by atoms with Crippen LogP contribution in [0.5, 0.6) is 17.4 Å². The second-order valence-corrected chi connectivity index (χ2v) is 4.41. The van der Waals surface area contributed by atoms with E-state index >= 15 is 0 Å². The largest absolute Gasteiger partial charge is 0.494 e. The van der Waals surface area contributed by atoms with Gasteiger partial charge >= 0.3 is 0 Å². The monoisotopic (exact) mass is 281 g/mol. The van der Waals surface area contributed by atoms with Crippen LogP contribution in [0.25, 0.3) is 11.0 Å². The maximum Gasteiger partial charge on any atom is 0.263 e. The third-order valence-electron chi connectivity index (χ3n) is 2.89. The van der Waals surface area contributed by atoms with Crippen LogP contribution in [-0.4, -0.2) is 16.6 Å². The average Bonchev–Trinajstić information content (AvgIpc) is 2.49. The van der Waals surface area contributed by atoms with E-state index in [0.717, 1.165) is 16.8 Å². The Morgan fingerprint density at radius 1 is 0.952 bits per heavy atom. The molecule has 5 nitrogen and oxygen atoms in total. The fourth-order valence-electron chi connectivity index (χ4n) is 1.98. The predicted octanol–water partition coefficient (Wildman–Crippen LogP) is 3.40. The summed E-state index contributed by atoms with van der Waals surface area (Å²) in [6, 6.07) is 14.8. The minimum Gasteiger partial charge on any atom is -0.494 e. The number of hydrogen-bond donors (Lipinski definition) is 1. The van der Waals surface area contributed by atoms with Crippen molar-refractivity contribution in [2.45, 2.75) is 6.92 Å². The van der Waals surface area contributed by atoms with Crippen molar-refractivity contribution in [2.24, 2.45) is 0 Å². The molecule has 0 aliphatic heterocycles. The first-order chi connectivity index (χ1) is 10.3.